The molecule has 3 aromatic rings. The molecule has 0 unspecified atom stereocenters. The summed E-state index contributed by atoms with van der Waals surface area (Å²) in [6.07, 6.45) is 0.526. The van der Waals surface area contributed by atoms with Gasteiger partial charge in [-0.2, -0.15) is 0 Å². The van der Waals surface area contributed by atoms with Crippen LogP contribution < -0.4 is 14.2 Å². The van der Waals surface area contributed by atoms with Crippen molar-refractivity contribution in [3.05, 3.63) is 65.2 Å². The predicted octanol–water partition coefficient (Wildman–Crippen LogP) is 3.70. The van der Waals surface area contributed by atoms with Crippen LogP contribution in [0.5, 0.6) is 17.2 Å². The summed E-state index contributed by atoms with van der Waals surface area (Å²) in [6, 6.07) is 14.4. The highest BCUT2D eigenvalue weighted by Gasteiger charge is 2.24. The number of carbonyl (C=O) groups is 2. The topological polar surface area (TPSA) is 91.3 Å². The molecule has 0 saturated heterocycles. The van der Waals surface area contributed by atoms with Gasteiger partial charge in [-0.25, -0.2) is 4.79 Å². The molecule has 7 heteroatoms. The van der Waals surface area contributed by atoms with Crippen molar-refractivity contribution in [3.8, 4) is 17.2 Å². The molecule has 0 saturated carbocycles. The Kier molecular flexibility index (Phi) is 6.54. The molecule has 0 aromatic heterocycles. The molecule has 0 amide bonds. The van der Waals surface area contributed by atoms with Crippen LogP contribution >= 0.6 is 0 Å². The number of methoxy groups -OCH3 is 3. The van der Waals surface area contributed by atoms with Crippen molar-refractivity contribution in [1.29, 1.82) is 0 Å². The first kappa shape index (κ1) is 21.1. The van der Waals surface area contributed by atoms with Crippen molar-refractivity contribution in [2.75, 3.05) is 28.1 Å². The highest BCUT2D eigenvalue weighted by Crippen LogP contribution is 2.41. The summed E-state index contributed by atoms with van der Waals surface area (Å²) in [5.41, 5.74) is 1.90. The number of hydrogen-bond donors (Lipinski definition) is 1. The molecule has 0 atom stereocenters. The Balaban J connectivity index is 2.24. The molecule has 1 N–H and O–H groups in total. The average molecular weight is 410 g/mol. The van der Waals surface area contributed by atoms with E-state index >= 15 is 0 Å². The number of benzene rings is 3. The molecule has 30 heavy (non-hydrogen) atoms. The first-order valence-electron chi connectivity index (χ1n) is 9.15. The Morgan fingerprint density at radius 1 is 0.967 bits per heavy atom. The molecule has 156 valence electrons. The third-order valence-corrected chi connectivity index (χ3v) is 4.70. The second kappa shape index (κ2) is 9.28. The Labute approximate surface area is 173 Å². The van der Waals surface area contributed by atoms with Gasteiger partial charge in [0.15, 0.2) is 18.3 Å². The summed E-state index contributed by atoms with van der Waals surface area (Å²) in [4.78, 5) is 23.7. The lowest BCUT2D eigenvalue weighted by molar-refractivity contribution is -0.131. The number of aliphatic carboxylic acids is 1. The normalized spacial score (nSPS) is 10.6. The van der Waals surface area contributed by atoms with Gasteiger partial charge in [-0.15, -0.1) is 0 Å². The molecule has 3 rings (SSSR count). The highest BCUT2D eigenvalue weighted by molar-refractivity contribution is 6.42. The summed E-state index contributed by atoms with van der Waals surface area (Å²) in [6.45, 7) is -0.0332. The lowest BCUT2D eigenvalue weighted by atomic mass is 9.93. The molecule has 7 nitrogen and oxygen atoms in total. The summed E-state index contributed by atoms with van der Waals surface area (Å²) in [5, 5.41) is 10.3. The van der Waals surface area contributed by atoms with E-state index in [0.717, 1.165) is 16.9 Å². The van der Waals surface area contributed by atoms with Crippen LogP contribution in [-0.4, -0.2) is 45.0 Å². The van der Waals surface area contributed by atoms with E-state index in [-0.39, 0.29) is 18.1 Å². The van der Waals surface area contributed by atoms with Gasteiger partial charge < -0.3 is 24.1 Å². The van der Waals surface area contributed by atoms with Crippen LogP contribution in [0.2, 0.25) is 0 Å². The Morgan fingerprint density at radius 2 is 1.70 bits per heavy atom. The number of carboxylic acid groups (broad SMARTS) is 1. The minimum absolute atomic E-state index is 0.0332. The standard InChI is InChI=1S/C23H22O7/c1-27-13-30-22-19(29-3)12-18(21(24)23(25)26)17-6-4-5-15(20(17)22)11-14-7-9-16(28-2)10-8-14/h4-10,12H,11,13H2,1-3H3,(H,25,26). The molecule has 0 fully saturated rings. The lowest BCUT2D eigenvalue weighted by Gasteiger charge is -2.18. The Hall–Kier alpha value is -3.58. The molecule has 0 bridgehead atoms. The first-order valence-corrected chi connectivity index (χ1v) is 9.15. The number of fused-ring (bicyclic) bond motifs is 1. The molecule has 3 aromatic carbocycles. The van der Waals surface area contributed by atoms with Gasteiger partial charge in [0.2, 0.25) is 0 Å². The summed E-state index contributed by atoms with van der Waals surface area (Å²) in [5.74, 6) is -1.16. The SMILES string of the molecule is COCOc1c(OC)cc(C(=O)C(=O)O)c2cccc(Cc3ccc(OC)cc3)c12. The summed E-state index contributed by atoms with van der Waals surface area (Å²) < 4.78 is 21.4. The van der Waals surface area contributed by atoms with E-state index in [9.17, 15) is 14.7 Å². The fourth-order valence-corrected chi connectivity index (χ4v) is 3.32. The fourth-order valence-electron chi connectivity index (χ4n) is 3.32. The second-order valence-corrected chi connectivity index (χ2v) is 6.51. The van der Waals surface area contributed by atoms with Crippen LogP contribution in [0, 0.1) is 0 Å². The van der Waals surface area contributed by atoms with Crippen LogP contribution in [-0.2, 0) is 16.0 Å². The van der Waals surface area contributed by atoms with Gasteiger partial charge in [0.1, 0.15) is 5.75 Å². The number of rotatable bonds is 9. The van der Waals surface area contributed by atoms with E-state index in [1.807, 2.05) is 30.3 Å². The van der Waals surface area contributed by atoms with Crippen LogP contribution in [0.4, 0.5) is 0 Å². The molecular formula is C23H22O7. The molecule has 0 aliphatic heterocycles. The maximum atomic E-state index is 12.4. The number of carboxylic acids is 1. The van der Waals surface area contributed by atoms with Crippen LogP contribution in [0.25, 0.3) is 10.8 Å². The zero-order chi connectivity index (χ0) is 21.7. The number of ketones is 1. The second-order valence-electron chi connectivity index (χ2n) is 6.51. The highest BCUT2D eigenvalue weighted by atomic mass is 16.7. The molecule has 0 radical (unpaired) electrons. The number of carbonyl (C=O) groups excluding carboxylic acids is 1. The quantitative estimate of drug-likeness (QED) is 0.327. The largest absolute Gasteiger partial charge is 0.497 e. The minimum Gasteiger partial charge on any atom is -0.497 e. The van der Waals surface area contributed by atoms with Gasteiger partial charge in [-0.05, 0) is 41.1 Å². The predicted molar refractivity (Wildman–Crippen MR) is 111 cm³/mol. The number of ether oxygens (including phenoxy) is 4. The molecule has 0 spiro atoms. The zero-order valence-corrected chi connectivity index (χ0v) is 16.9. The smallest absolute Gasteiger partial charge is 0.377 e. The van der Waals surface area contributed by atoms with Crippen molar-refractivity contribution in [1.82, 2.24) is 0 Å². The monoisotopic (exact) mass is 410 g/mol. The minimum atomic E-state index is -1.54. The summed E-state index contributed by atoms with van der Waals surface area (Å²) >= 11 is 0. The van der Waals surface area contributed by atoms with E-state index < -0.39 is 11.8 Å². The van der Waals surface area contributed by atoms with Crippen LogP contribution in [0.3, 0.4) is 0 Å². The van der Waals surface area contributed by atoms with E-state index in [4.69, 9.17) is 18.9 Å². The third kappa shape index (κ3) is 4.21. The van der Waals surface area contributed by atoms with E-state index in [1.165, 1.54) is 20.3 Å². The molecule has 0 aliphatic rings. The maximum absolute atomic E-state index is 12.4. The van der Waals surface area contributed by atoms with Gasteiger partial charge in [-0.1, -0.05) is 30.3 Å². The van der Waals surface area contributed by atoms with Gasteiger partial charge in [0.05, 0.1) is 14.2 Å². The lowest BCUT2D eigenvalue weighted by Crippen LogP contribution is -2.14. The third-order valence-electron chi connectivity index (χ3n) is 4.70. The van der Waals surface area contributed by atoms with Crippen LogP contribution in [0.15, 0.2) is 48.5 Å². The zero-order valence-electron chi connectivity index (χ0n) is 16.9. The molecular weight excluding hydrogens is 388 g/mol. The van der Waals surface area contributed by atoms with Crippen molar-refractivity contribution >= 4 is 22.5 Å². The van der Waals surface area contributed by atoms with Gasteiger partial charge in [-0.3, -0.25) is 4.79 Å². The maximum Gasteiger partial charge on any atom is 0.377 e. The van der Waals surface area contributed by atoms with Crippen molar-refractivity contribution in [2.45, 2.75) is 6.42 Å². The van der Waals surface area contributed by atoms with E-state index in [2.05, 4.69) is 0 Å². The Bertz CT molecular complexity index is 1070. The van der Waals surface area contributed by atoms with Crippen molar-refractivity contribution in [2.24, 2.45) is 0 Å². The van der Waals surface area contributed by atoms with E-state index in [0.29, 0.717) is 22.9 Å². The van der Waals surface area contributed by atoms with Gasteiger partial charge >= 0.3 is 5.97 Å². The van der Waals surface area contributed by atoms with E-state index in [1.54, 1.807) is 19.2 Å². The molecule has 0 heterocycles. The van der Waals surface area contributed by atoms with Crippen molar-refractivity contribution < 1.29 is 33.6 Å². The first-order chi connectivity index (χ1) is 14.5. The van der Waals surface area contributed by atoms with Gasteiger partial charge in [0, 0.05) is 18.1 Å². The van der Waals surface area contributed by atoms with Gasteiger partial charge in [0.25, 0.3) is 5.78 Å². The van der Waals surface area contributed by atoms with Crippen LogP contribution in [0.1, 0.15) is 21.5 Å². The summed E-state index contributed by atoms with van der Waals surface area (Å²) in [7, 11) is 4.53. The Morgan fingerprint density at radius 3 is 2.30 bits per heavy atom. The number of hydrogen-bond acceptors (Lipinski definition) is 6. The van der Waals surface area contributed by atoms with Crippen molar-refractivity contribution in [3.63, 3.8) is 0 Å². The molecule has 0 aliphatic carbocycles. The fraction of sp³-hybridized carbons (Fsp3) is 0.217. The number of Topliss-reactive ketones (excluding diaryl/α,β-unsaturated/α-hetero) is 1. The average Bonchev–Trinajstić information content (AvgIpc) is 2.77.